The molecule has 2 amide bonds. The van der Waals surface area contributed by atoms with Gasteiger partial charge in [-0.2, -0.15) is 0 Å². The van der Waals surface area contributed by atoms with E-state index in [4.69, 9.17) is 11.6 Å². The van der Waals surface area contributed by atoms with Crippen LogP contribution in [0.15, 0.2) is 54.6 Å². The van der Waals surface area contributed by atoms with Gasteiger partial charge < -0.3 is 10.2 Å². The fraction of sp³-hybridized carbons (Fsp3) is 0.440. The molecule has 0 radical (unpaired) electrons. The zero-order valence-electron chi connectivity index (χ0n) is 17.6. The normalized spacial score (nSPS) is 15.4. The SMILES string of the molecule is CCC(=O)N(Cc1ccccc1Cl)[C@@H](Cc1ccccc1)C(=O)NC1CCCCC1. The Labute approximate surface area is 184 Å². The standard InChI is InChI=1S/C25H31ClN2O2/c1-2-24(29)28(18-20-13-9-10-16-22(20)26)23(17-19-11-5-3-6-12-19)25(30)27-21-14-7-4-8-15-21/h3,5-6,9-13,16,21,23H,2,4,7-8,14-15,17-18H2,1H3,(H,27,30)/t23-/m0/s1. The topological polar surface area (TPSA) is 49.4 Å². The number of hydrogen-bond acceptors (Lipinski definition) is 2. The Kier molecular flexibility index (Phi) is 8.32. The van der Waals surface area contributed by atoms with Gasteiger partial charge in [-0.1, -0.05) is 86.3 Å². The van der Waals surface area contributed by atoms with Crippen LogP contribution >= 0.6 is 11.6 Å². The third-order valence-corrected chi connectivity index (χ3v) is 6.19. The maximum absolute atomic E-state index is 13.4. The first-order valence-electron chi connectivity index (χ1n) is 11.0. The average Bonchev–Trinajstić information content (AvgIpc) is 2.78. The van der Waals surface area contributed by atoms with Crippen molar-refractivity contribution in [3.8, 4) is 0 Å². The van der Waals surface area contributed by atoms with Crippen molar-refractivity contribution in [1.29, 1.82) is 0 Å². The van der Waals surface area contributed by atoms with Gasteiger partial charge in [-0.05, 0) is 30.0 Å². The quantitative estimate of drug-likeness (QED) is 0.635. The molecule has 160 valence electrons. The van der Waals surface area contributed by atoms with Gasteiger partial charge in [0.1, 0.15) is 6.04 Å². The molecule has 0 aromatic heterocycles. The molecular formula is C25H31ClN2O2. The number of nitrogens with zero attached hydrogens (tertiary/aromatic N) is 1. The molecule has 1 aliphatic carbocycles. The Morgan fingerprint density at radius 3 is 2.37 bits per heavy atom. The molecule has 0 bridgehead atoms. The Morgan fingerprint density at radius 2 is 1.70 bits per heavy atom. The lowest BCUT2D eigenvalue weighted by Gasteiger charge is -2.33. The van der Waals surface area contributed by atoms with Gasteiger partial charge >= 0.3 is 0 Å². The molecule has 2 aromatic carbocycles. The summed E-state index contributed by atoms with van der Waals surface area (Å²) in [6, 6.07) is 17.0. The number of rotatable bonds is 8. The Hall–Kier alpha value is -2.33. The summed E-state index contributed by atoms with van der Waals surface area (Å²) in [4.78, 5) is 28.1. The maximum Gasteiger partial charge on any atom is 0.243 e. The van der Waals surface area contributed by atoms with E-state index in [0.29, 0.717) is 24.4 Å². The fourth-order valence-electron chi connectivity index (χ4n) is 4.11. The first kappa shape index (κ1) is 22.4. The van der Waals surface area contributed by atoms with Gasteiger partial charge in [0.05, 0.1) is 0 Å². The molecule has 1 fully saturated rings. The van der Waals surface area contributed by atoms with Crippen LogP contribution in [0.3, 0.4) is 0 Å². The molecule has 1 saturated carbocycles. The molecule has 3 rings (SSSR count). The number of carbonyl (C=O) groups is 2. The number of halogens is 1. The van der Waals surface area contributed by atoms with Gasteiger partial charge in [0.15, 0.2) is 0 Å². The van der Waals surface area contributed by atoms with Crippen LogP contribution in [0.4, 0.5) is 0 Å². The Bertz CT molecular complexity index is 834. The van der Waals surface area contributed by atoms with Crippen LogP contribution in [0.25, 0.3) is 0 Å². The van der Waals surface area contributed by atoms with E-state index in [2.05, 4.69) is 5.32 Å². The number of amides is 2. The zero-order valence-corrected chi connectivity index (χ0v) is 18.4. The lowest BCUT2D eigenvalue weighted by molar-refractivity contribution is -0.141. The molecule has 5 heteroatoms. The van der Waals surface area contributed by atoms with E-state index in [1.807, 2.05) is 61.5 Å². The molecule has 0 spiro atoms. The van der Waals surface area contributed by atoms with Crippen molar-refractivity contribution in [3.63, 3.8) is 0 Å². The molecule has 1 N–H and O–H groups in total. The van der Waals surface area contributed by atoms with E-state index >= 15 is 0 Å². The summed E-state index contributed by atoms with van der Waals surface area (Å²) in [6.07, 6.45) is 6.36. The molecule has 1 aliphatic rings. The second kappa shape index (κ2) is 11.2. The maximum atomic E-state index is 13.4. The number of hydrogen-bond donors (Lipinski definition) is 1. The molecule has 0 unspecified atom stereocenters. The largest absolute Gasteiger partial charge is 0.352 e. The lowest BCUT2D eigenvalue weighted by atomic mass is 9.94. The van der Waals surface area contributed by atoms with E-state index in [-0.39, 0.29) is 17.9 Å². The summed E-state index contributed by atoms with van der Waals surface area (Å²) in [5, 5.41) is 3.84. The van der Waals surface area contributed by atoms with E-state index in [1.165, 1.54) is 6.42 Å². The van der Waals surface area contributed by atoms with E-state index in [9.17, 15) is 9.59 Å². The summed E-state index contributed by atoms with van der Waals surface area (Å²) in [6.45, 7) is 2.16. The average molecular weight is 427 g/mol. The minimum atomic E-state index is -0.571. The fourth-order valence-corrected chi connectivity index (χ4v) is 4.31. The molecule has 2 aromatic rings. The van der Waals surface area contributed by atoms with Crippen LogP contribution in [-0.2, 0) is 22.6 Å². The second-order valence-corrected chi connectivity index (χ2v) is 8.42. The van der Waals surface area contributed by atoms with Crippen molar-refractivity contribution < 1.29 is 9.59 Å². The van der Waals surface area contributed by atoms with Crippen molar-refractivity contribution in [2.45, 2.75) is 70.5 Å². The third kappa shape index (κ3) is 6.09. The summed E-state index contributed by atoms with van der Waals surface area (Å²) in [7, 11) is 0. The van der Waals surface area contributed by atoms with E-state index in [1.54, 1.807) is 4.90 Å². The molecule has 0 heterocycles. The first-order valence-corrected chi connectivity index (χ1v) is 11.3. The van der Waals surface area contributed by atoms with Crippen LogP contribution < -0.4 is 5.32 Å². The zero-order chi connectivity index (χ0) is 21.3. The van der Waals surface area contributed by atoms with E-state index < -0.39 is 6.04 Å². The first-order chi connectivity index (χ1) is 14.6. The highest BCUT2D eigenvalue weighted by molar-refractivity contribution is 6.31. The second-order valence-electron chi connectivity index (χ2n) is 8.02. The highest BCUT2D eigenvalue weighted by Gasteiger charge is 2.31. The highest BCUT2D eigenvalue weighted by atomic mass is 35.5. The van der Waals surface area contributed by atoms with Crippen LogP contribution in [0, 0.1) is 0 Å². The highest BCUT2D eigenvalue weighted by Crippen LogP contribution is 2.22. The summed E-state index contributed by atoms with van der Waals surface area (Å²) in [5.74, 6) is -0.116. The van der Waals surface area contributed by atoms with Crippen LogP contribution in [0.5, 0.6) is 0 Å². The van der Waals surface area contributed by atoms with Crippen molar-refractivity contribution in [2.24, 2.45) is 0 Å². The molecule has 0 saturated heterocycles. The van der Waals surface area contributed by atoms with Gasteiger partial charge in [0.2, 0.25) is 11.8 Å². The number of benzene rings is 2. The summed E-state index contributed by atoms with van der Waals surface area (Å²) in [5.41, 5.74) is 1.89. The monoisotopic (exact) mass is 426 g/mol. The van der Waals surface area contributed by atoms with Gasteiger partial charge in [-0.3, -0.25) is 9.59 Å². The van der Waals surface area contributed by atoms with Gasteiger partial charge in [-0.25, -0.2) is 0 Å². The molecular weight excluding hydrogens is 396 g/mol. The minimum absolute atomic E-state index is 0.0466. The summed E-state index contributed by atoms with van der Waals surface area (Å²) < 4.78 is 0. The van der Waals surface area contributed by atoms with Crippen LogP contribution in [0.1, 0.15) is 56.6 Å². The predicted octanol–water partition coefficient (Wildman–Crippen LogP) is 5.14. The van der Waals surface area contributed by atoms with Crippen molar-refractivity contribution in [3.05, 3.63) is 70.7 Å². The molecule has 4 nitrogen and oxygen atoms in total. The minimum Gasteiger partial charge on any atom is -0.352 e. The van der Waals surface area contributed by atoms with Crippen molar-refractivity contribution in [1.82, 2.24) is 10.2 Å². The van der Waals surface area contributed by atoms with Gasteiger partial charge in [0, 0.05) is 30.5 Å². The van der Waals surface area contributed by atoms with Gasteiger partial charge in [0.25, 0.3) is 0 Å². The number of nitrogens with one attached hydrogen (secondary N) is 1. The van der Waals surface area contributed by atoms with Gasteiger partial charge in [-0.15, -0.1) is 0 Å². The Balaban J connectivity index is 1.87. The molecule has 1 atom stereocenters. The predicted molar refractivity (Wildman–Crippen MR) is 121 cm³/mol. The molecule has 30 heavy (non-hydrogen) atoms. The molecule has 0 aliphatic heterocycles. The lowest BCUT2D eigenvalue weighted by Crippen LogP contribution is -2.52. The third-order valence-electron chi connectivity index (χ3n) is 5.82. The smallest absolute Gasteiger partial charge is 0.243 e. The van der Waals surface area contributed by atoms with Crippen molar-refractivity contribution >= 4 is 23.4 Å². The number of carbonyl (C=O) groups excluding carboxylic acids is 2. The summed E-state index contributed by atoms with van der Waals surface area (Å²) >= 11 is 6.38. The van der Waals surface area contributed by atoms with Crippen LogP contribution in [-0.4, -0.2) is 28.8 Å². The van der Waals surface area contributed by atoms with Crippen molar-refractivity contribution in [2.75, 3.05) is 0 Å². The Morgan fingerprint density at radius 1 is 1.03 bits per heavy atom. The van der Waals surface area contributed by atoms with E-state index in [0.717, 1.165) is 36.8 Å². The van der Waals surface area contributed by atoms with Crippen LogP contribution in [0.2, 0.25) is 5.02 Å².